The Kier molecular flexibility index (Phi) is 1.47. The number of benzene rings is 2. The zero-order valence-electron chi connectivity index (χ0n) is 10.0. The maximum atomic E-state index is 4.73. The van der Waals surface area contributed by atoms with Crippen LogP contribution in [-0.2, 0) is 0 Å². The summed E-state index contributed by atoms with van der Waals surface area (Å²) in [7, 11) is 0. The molecule has 88 valence electrons. The molecule has 0 saturated carbocycles. The Labute approximate surface area is 108 Å². The topological polar surface area (TPSA) is 30.2 Å². The molecule has 0 aliphatic heterocycles. The summed E-state index contributed by atoms with van der Waals surface area (Å²) >= 11 is 0. The molecule has 2 aromatic heterocycles. The highest BCUT2D eigenvalue weighted by Crippen LogP contribution is 2.37. The van der Waals surface area contributed by atoms with Gasteiger partial charge in [-0.1, -0.05) is 42.5 Å². The van der Waals surface area contributed by atoms with E-state index < -0.39 is 0 Å². The average Bonchev–Trinajstić information content (AvgIpc) is 3.05. The molecule has 0 atom stereocenters. The number of hydrogen-bond acceptors (Lipinski definition) is 2. The molecule has 0 amide bonds. The Morgan fingerprint density at radius 1 is 0.789 bits per heavy atom. The van der Waals surface area contributed by atoms with E-state index in [1.54, 1.807) is 6.20 Å². The summed E-state index contributed by atoms with van der Waals surface area (Å²) < 4.78 is 1.86. The number of rotatable bonds is 0. The molecule has 0 unspecified atom stereocenters. The second-order valence-electron chi connectivity index (χ2n) is 4.82. The lowest BCUT2D eigenvalue weighted by Crippen LogP contribution is -1.91. The minimum Gasteiger partial charge on any atom is -0.235 e. The Morgan fingerprint density at radius 2 is 1.58 bits per heavy atom. The van der Waals surface area contributed by atoms with Crippen molar-refractivity contribution in [2.24, 2.45) is 0 Å². The minimum absolute atomic E-state index is 0.924. The van der Waals surface area contributed by atoms with E-state index in [4.69, 9.17) is 5.10 Å². The van der Waals surface area contributed by atoms with Gasteiger partial charge in [0.1, 0.15) is 5.52 Å². The molecule has 2 heterocycles. The summed E-state index contributed by atoms with van der Waals surface area (Å²) in [5.41, 5.74) is 1.99. The Morgan fingerprint density at radius 3 is 2.53 bits per heavy atom. The van der Waals surface area contributed by atoms with E-state index in [0.29, 0.717) is 0 Å². The molecule has 19 heavy (non-hydrogen) atoms. The summed E-state index contributed by atoms with van der Waals surface area (Å²) in [5.74, 6) is 0. The molecule has 0 N–H and O–H groups in total. The monoisotopic (exact) mass is 243 g/mol. The molecule has 3 nitrogen and oxygen atoms in total. The van der Waals surface area contributed by atoms with Crippen molar-refractivity contribution < 1.29 is 0 Å². The maximum Gasteiger partial charge on any atom is 0.161 e. The lowest BCUT2D eigenvalue weighted by molar-refractivity contribution is 0.978. The molecule has 0 spiro atoms. The van der Waals surface area contributed by atoms with Crippen LogP contribution in [0.1, 0.15) is 0 Å². The zero-order valence-corrected chi connectivity index (χ0v) is 10.0. The average molecular weight is 243 g/mol. The van der Waals surface area contributed by atoms with Gasteiger partial charge in [-0.3, -0.25) is 0 Å². The minimum atomic E-state index is 0.924. The van der Waals surface area contributed by atoms with Crippen LogP contribution in [0.25, 0.3) is 38.1 Å². The van der Waals surface area contributed by atoms with Crippen LogP contribution in [0.2, 0.25) is 0 Å². The van der Waals surface area contributed by atoms with E-state index in [1.807, 2.05) is 10.7 Å². The summed E-state index contributed by atoms with van der Waals surface area (Å²) in [6.07, 6.45) is 3.70. The Bertz CT molecular complexity index is 1060. The van der Waals surface area contributed by atoms with Crippen molar-refractivity contribution in [2.75, 3.05) is 0 Å². The van der Waals surface area contributed by atoms with Gasteiger partial charge in [-0.2, -0.15) is 5.10 Å². The third-order valence-electron chi connectivity index (χ3n) is 3.84. The van der Waals surface area contributed by atoms with Gasteiger partial charge in [0.25, 0.3) is 0 Å². The SMILES string of the molecule is c1ccc2c(c1)c1cccc3c1c2nn1ccnc31. The molecule has 0 aliphatic rings. The first kappa shape index (κ1) is 9.28. The molecule has 0 fully saturated rings. The number of nitrogens with zero attached hydrogens (tertiary/aromatic N) is 3. The van der Waals surface area contributed by atoms with Crippen LogP contribution < -0.4 is 0 Å². The van der Waals surface area contributed by atoms with Crippen molar-refractivity contribution in [3.05, 3.63) is 54.9 Å². The lowest BCUT2D eigenvalue weighted by Gasteiger charge is -2.00. The first-order chi connectivity index (χ1) is 9.43. The van der Waals surface area contributed by atoms with Gasteiger partial charge >= 0.3 is 0 Å². The molecule has 3 aromatic carbocycles. The van der Waals surface area contributed by atoms with Gasteiger partial charge in [0.15, 0.2) is 5.65 Å². The van der Waals surface area contributed by atoms with Crippen LogP contribution in [0, 0.1) is 0 Å². The first-order valence-electron chi connectivity index (χ1n) is 6.29. The molecule has 0 bridgehead atoms. The van der Waals surface area contributed by atoms with Crippen LogP contribution in [0.4, 0.5) is 0 Å². The van der Waals surface area contributed by atoms with E-state index in [9.17, 15) is 0 Å². The van der Waals surface area contributed by atoms with Crippen LogP contribution in [0.3, 0.4) is 0 Å². The molecule has 0 radical (unpaired) electrons. The van der Waals surface area contributed by atoms with Gasteiger partial charge in [0, 0.05) is 28.6 Å². The van der Waals surface area contributed by atoms with Crippen LogP contribution in [-0.4, -0.2) is 14.6 Å². The quantitative estimate of drug-likeness (QED) is 0.416. The summed E-state index contributed by atoms with van der Waals surface area (Å²) in [4.78, 5) is 4.42. The predicted molar refractivity (Wildman–Crippen MR) is 76.7 cm³/mol. The fourth-order valence-corrected chi connectivity index (χ4v) is 3.06. The van der Waals surface area contributed by atoms with Crippen molar-refractivity contribution >= 4 is 38.1 Å². The first-order valence-corrected chi connectivity index (χ1v) is 6.29. The van der Waals surface area contributed by atoms with Gasteiger partial charge in [-0.05, 0) is 10.8 Å². The third-order valence-corrected chi connectivity index (χ3v) is 3.84. The highest BCUT2D eigenvalue weighted by Gasteiger charge is 2.15. The van der Waals surface area contributed by atoms with Crippen LogP contribution in [0.15, 0.2) is 54.9 Å². The van der Waals surface area contributed by atoms with E-state index >= 15 is 0 Å². The summed E-state index contributed by atoms with van der Waals surface area (Å²) in [6, 6.07) is 14.8. The molecule has 0 aliphatic carbocycles. The standard InChI is InChI=1S/C16H9N3/c1-2-5-12-10(4-1)11-6-3-7-13-14(11)15(12)18-19-9-8-17-16(13)19/h1-9H. The van der Waals surface area contributed by atoms with E-state index in [2.05, 4.69) is 47.4 Å². The van der Waals surface area contributed by atoms with Crippen molar-refractivity contribution in [3.63, 3.8) is 0 Å². The van der Waals surface area contributed by atoms with E-state index in [1.165, 1.54) is 26.9 Å². The van der Waals surface area contributed by atoms with Crippen LogP contribution in [0.5, 0.6) is 0 Å². The molecule has 0 saturated heterocycles. The largest absolute Gasteiger partial charge is 0.235 e. The van der Waals surface area contributed by atoms with Crippen LogP contribution >= 0.6 is 0 Å². The molecule has 3 heteroatoms. The number of imidazole rings is 1. The lowest BCUT2D eigenvalue weighted by atomic mass is 10.1. The fraction of sp³-hybridized carbons (Fsp3) is 0. The smallest absolute Gasteiger partial charge is 0.161 e. The van der Waals surface area contributed by atoms with Crippen molar-refractivity contribution in [3.8, 4) is 0 Å². The number of fused-ring (bicyclic) bond motifs is 5. The van der Waals surface area contributed by atoms with Gasteiger partial charge in [0.05, 0.1) is 0 Å². The Balaban J connectivity index is 2.29. The van der Waals surface area contributed by atoms with Gasteiger partial charge < -0.3 is 0 Å². The molecule has 5 rings (SSSR count). The zero-order chi connectivity index (χ0) is 12.4. The summed E-state index contributed by atoms with van der Waals surface area (Å²) in [5, 5.41) is 10.9. The Hall–Kier alpha value is -2.68. The van der Waals surface area contributed by atoms with Crippen molar-refractivity contribution in [1.29, 1.82) is 0 Å². The normalized spacial score (nSPS) is 12.2. The highest BCUT2D eigenvalue weighted by atomic mass is 15.2. The third kappa shape index (κ3) is 0.993. The molecular weight excluding hydrogens is 234 g/mol. The van der Waals surface area contributed by atoms with E-state index in [0.717, 1.165) is 11.2 Å². The van der Waals surface area contributed by atoms with E-state index in [-0.39, 0.29) is 0 Å². The predicted octanol–water partition coefficient (Wildman–Crippen LogP) is 3.63. The van der Waals surface area contributed by atoms with Gasteiger partial charge in [-0.25, -0.2) is 9.50 Å². The second-order valence-corrected chi connectivity index (χ2v) is 4.82. The highest BCUT2D eigenvalue weighted by molar-refractivity contribution is 6.30. The number of hydrogen-bond donors (Lipinski definition) is 0. The second kappa shape index (κ2) is 3.01. The van der Waals surface area contributed by atoms with Crippen molar-refractivity contribution in [1.82, 2.24) is 14.6 Å². The van der Waals surface area contributed by atoms with Crippen molar-refractivity contribution in [2.45, 2.75) is 0 Å². The molecule has 5 aromatic rings. The fourth-order valence-electron chi connectivity index (χ4n) is 3.06. The number of aromatic nitrogens is 3. The van der Waals surface area contributed by atoms with Gasteiger partial charge in [0.2, 0.25) is 0 Å². The molecular formula is C16H9N3. The van der Waals surface area contributed by atoms with Gasteiger partial charge in [-0.15, -0.1) is 0 Å². The maximum absolute atomic E-state index is 4.73. The summed E-state index contributed by atoms with van der Waals surface area (Å²) in [6.45, 7) is 0.